The molecule has 3 aliphatic rings. The van der Waals surface area contributed by atoms with Gasteiger partial charge >= 0.3 is 0 Å². The number of aromatic nitrogens is 3. The molecule has 4 heterocycles. The normalized spacial score (nSPS) is 27.9. The first-order valence-electron chi connectivity index (χ1n) is 10.2. The summed E-state index contributed by atoms with van der Waals surface area (Å²) in [4.78, 5) is 24.1. The smallest absolute Gasteiger partial charge is 0.244 e. The van der Waals surface area contributed by atoms with Gasteiger partial charge in [0.25, 0.3) is 0 Å². The van der Waals surface area contributed by atoms with E-state index in [1.54, 1.807) is 12.5 Å². The quantitative estimate of drug-likeness (QED) is 0.805. The highest BCUT2D eigenvalue weighted by molar-refractivity contribution is 5.98. The minimum Gasteiger partial charge on any atom is -0.497 e. The topological polar surface area (TPSA) is 81.4 Å². The Hall–Kier alpha value is -2.54. The molecule has 28 heavy (non-hydrogen) atoms. The molecule has 0 amide bonds. The fourth-order valence-corrected chi connectivity index (χ4v) is 4.62. The van der Waals surface area contributed by atoms with E-state index in [2.05, 4.69) is 20.0 Å². The van der Waals surface area contributed by atoms with Gasteiger partial charge in [-0.25, -0.2) is 0 Å². The number of carbonyl (C=O) groups excluding carboxylic acids is 1. The van der Waals surface area contributed by atoms with Gasteiger partial charge in [0.15, 0.2) is 5.78 Å². The van der Waals surface area contributed by atoms with Crippen molar-refractivity contribution < 1.29 is 14.1 Å². The molecular weight excluding hydrogens is 356 g/mol. The molecule has 3 unspecified atom stereocenters. The summed E-state index contributed by atoms with van der Waals surface area (Å²) < 4.78 is 11.5. The van der Waals surface area contributed by atoms with E-state index in [0.717, 1.165) is 50.6 Å². The molecular formula is C21H24N4O3. The van der Waals surface area contributed by atoms with Gasteiger partial charge in [-0.2, -0.15) is 4.98 Å². The Kier molecular flexibility index (Phi) is 4.68. The predicted octanol–water partition coefficient (Wildman–Crippen LogP) is 3.31. The van der Waals surface area contributed by atoms with Crippen molar-refractivity contribution in [3.8, 4) is 11.5 Å². The summed E-state index contributed by atoms with van der Waals surface area (Å²) in [5.74, 6) is 1.40. The van der Waals surface area contributed by atoms with Crippen molar-refractivity contribution in [2.45, 2.75) is 50.7 Å². The molecule has 1 saturated carbocycles. The minimum absolute atomic E-state index is 0.0303. The van der Waals surface area contributed by atoms with E-state index >= 15 is 0 Å². The van der Waals surface area contributed by atoms with E-state index in [9.17, 15) is 4.79 Å². The molecule has 5 rings (SSSR count). The van der Waals surface area contributed by atoms with Gasteiger partial charge in [0, 0.05) is 18.3 Å². The van der Waals surface area contributed by atoms with Crippen molar-refractivity contribution in [1.29, 1.82) is 0 Å². The maximum Gasteiger partial charge on any atom is 0.244 e. The molecule has 7 heteroatoms. The molecule has 2 aromatic rings. The number of pyridine rings is 1. The number of likely N-dealkylation sites (tertiary alicyclic amines) is 1. The Labute approximate surface area is 163 Å². The third-order valence-electron chi connectivity index (χ3n) is 6.10. The van der Waals surface area contributed by atoms with E-state index in [0.29, 0.717) is 24.0 Å². The van der Waals surface area contributed by atoms with Gasteiger partial charge in [-0.1, -0.05) is 17.6 Å². The molecule has 1 saturated heterocycles. The molecule has 1 aliphatic carbocycles. The third-order valence-corrected chi connectivity index (χ3v) is 6.10. The van der Waals surface area contributed by atoms with Gasteiger partial charge in [0.05, 0.1) is 18.2 Å². The summed E-state index contributed by atoms with van der Waals surface area (Å²) in [6.45, 7) is 1.48. The van der Waals surface area contributed by atoms with Crippen LogP contribution in [0, 0.1) is 5.92 Å². The lowest BCUT2D eigenvalue weighted by atomic mass is 9.80. The molecule has 0 bridgehead atoms. The Morgan fingerprint density at radius 2 is 2.07 bits per heavy atom. The number of Topliss-reactive ketones (excluding diaryl/α,β-unsaturated/α-hetero) is 1. The van der Waals surface area contributed by atoms with Crippen molar-refractivity contribution in [3.05, 3.63) is 42.1 Å². The monoisotopic (exact) mass is 380 g/mol. The first-order valence-corrected chi connectivity index (χ1v) is 10.2. The van der Waals surface area contributed by atoms with Crippen molar-refractivity contribution in [2.75, 3.05) is 13.1 Å². The maximum atomic E-state index is 12.9. The van der Waals surface area contributed by atoms with E-state index in [1.165, 1.54) is 0 Å². The van der Waals surface area contributed by atoms with Crippen LogP contribution < -0.4 is 0 Å². The second-order valence-electron chi connectivity index (χ2n) is 7.87. The van der Waals surface area contributed by atoms with Crippen LogP contribution >= 0.6 is 0 Å². The lowest BCUT2D eigenvalue weighted by molar-refractivity contribution is -0.127. The molecule has 2 aliphatic heterocycles. The van der Waals surface area contributed by atoms with Crippen molar-refractivity contribution in [3.63, 3.8) is 0 Å². The van der Waals surface area contributed by atoms with Crippen LogP contribution in [0.4, 0.5) is 0 Å². The van der Waals surface area contributed by atoms with Crippen LogP contribution in [-0.2, 0) is 9.53 Å². The zero-order valence-corrected chi connectivity index (χ0v) is 15.8. The predicted molar refractivity (Wildman–Crippen MR) is 101 cm³/mol. The lowest BCUT2D eigenvalue weighted by Gasteiger charge is -2.35. The van der Waals surface area contributed by atoms with Crippen LogP contribution in [0.25, 0.3) is 11.5 Å². The lowest BCUT2D eigenvalue weighted by Crippen LogP contribution is -2.40. The Bertz CT molecular complexity index is 879. The number of carbonyl (C=O) groups is 1. The van der Waals surface area contributed by atoms with Crippen LogP contribution in [-0.4, -0.2) is 45.0 Å². The highest BCUT2D eigenvalue weighted by atomic mass is 16.5. The van der Waals surface area contributed by atoms with Crippen LogP contribution in [0.5, 0.6) is 0 Å². The van der Waals surface area contributed by atoms with Gasteiger partial charge in [0.1, 0.15) is 11.8 Å². The average molecular weight is 380 g/mol. The van der Waals surface area contributed by atoms with Crippen LogP contribution in [0.3, 0.4) is 0 Å². The van der Waals surface area contributed by atoms with Gasteiger partial charge in [0.2, 0.25) is 11.7 Å². The molecule has 0 N–H and O–H groups in total. The summed E-state index contributed by atoms with van der Waals surface area (Å²) in [5.41, 5.74) is 1.48. The van der Waals surface area contributed by atoms with Gasteiger partial charge < -0.3 is 9.26 Å². The summed E-state index contributed by atoms with van der Waals surface area (Å²) in [6.07, 6.45) is 9.70. The number of fused-ring (bicyclic) bond motifs is 1. The van der Waals surface area contributed by atoms with Gasteiger partial charge in [-0.05, 0) is 50.8 Å². The van der Waals surface area contributed by atoms with Crippen LogP contribution in [0.15, 0.2) is 40.8 Å². The standard InChI is InChI=1S/C21H24N4O3/c26-19-14(13-27-18-9-2-1-6-15(18)19)12-25-11-5-8-17(25)21-23-20(24-28-21)16-7-3-4-10-22-16/h3-4,7,10,13,15,17-18H,1-2,5-6,8-9,11-12H2. The summed E-state index contributed by atoms with van der Waals surface area (Å²) in [7, 11) is 0. The van der Waals surface area contributed by atoms with E-state index in [4.69, 9.17) is 9.26 Å². The van der Waals surface area contributed by atoms with E-state index < -0.39 is 0 Å². The zero-order valence-electron chi connectivity index (χ0n) is 15.8. The minimum atomic E-state index is 0.0303. The second-order valence-corrected chi connectivity index (χ2v) is 7.87. The molecule has 146 valence electrons. The molecule has 3 atom stereocenters. The Morgan fingerprint density at radius 1 is 1.14 bits per heavy atom. The molecule has 0 spiro atoms. The number of rotatable bonds is 4. The number of hydrogen-bond donors (Lipinski definition) is 0. The SMILES string of the molecule is O=C1C(CN2CCCC2c2nc(-c3ccccn3)no2)=COC2CCCCC12. The number of ether oxygens (including phenoxy) is 1. The Balaban J connectivity index is 1.32. The fourth-order valence-electron chi connectivity index (χ4n) is 4.62. The molecule has 0 radical (unpaired) electrons. The third kappa shape index (κ3) is 3.24. The second kappa shape index (κ2) is 7.47. The highest BCUT2D eigenvalue weighted by Crippen LogP contribution is 2.36. The number of ketones is 1. The summed E-state index contributed by atoms with van der Waals surface area (Å²) in [5, 5.41) is 4.10. The number of hydrogen-bond acceptors (Lipinski definition) is 7. The molecule has 2 aromatic heterocycles. The molecule has 0 aromatic carbocycles. The number of nitrogens with zero attached hydrogens (tertiary/aromatic N) is 4. The van der Waals surface area contributed by atoms with Crippen molar-refractivity contribution >= 4 is 5.78 Å². The average Bonchev–Trinajstić information content (AvgIpc) is 3.40. The zero-order chi connectivity index (χ0) is 18.9. The first-order chi connectivity index (χ1) is 13.8. The van der Waals surface area contributed by atoms with Crippen molar-refractivity contribution in [2.24, 2.45) is 5.92 Å². The molecule has 7 nitrogen and oxygen atoms in total. The first kappa shape index (κ1) is 17.6. The van der Waals surface area contributed by atoms with E-state index in [1.807, 2.05) is 18.2 Å². The highest BCUT2D eigenvalue weighted by Gasteiger charge is 2.39. The van der Waals surface area contributed by atoms with Crippen LogP contribution in [0.2, 0.25) is 0 Å². The van der Waals surface area contributed by atoms with Crippen LogP contribution in [0.1, 0.15) is 50.5 Å². The Morgan fingerprint density at radius 3 is 2.96 bits per heavy atom. The van der Waals surface area contributed by atoms with Gasteiger partial charge in [-0.15, -0.1) is 0 Å². The van der Waals surface area contributed by atoms with Gasteiger partial charge in [-0.3, -0.25) is 14.7 Å². The van der Waals surface area contributed by atoms with E-state index in [-0.39, 0.29) is 23.8 Å². The van der Waals surface area contributed by atoms with Crippen molar-refractivity contribution in [1.82, 2.24) is 20.0 Å². The summed E-state index contributed by atoms with van der Waals surface area (Å²) >= 11 is 0. The maximum absolute atomic E-state index is 12.9. The largest absolute Gasteiger partial charge is 0.497 e. The summed E-state index contributed by atoms with van der Waals surface area (Å²) in [6, 6.07) is 5.66. The molecule has 2 fully saturated rings. The fraction of sp³-hybridized carbons (Fsp3) is 0.524.